The third-order valence-electron chi connectivity index (χ3n) is 10.00. The van der Waals surface area contributed by atoms with E-state index in [1.54, 1.807) is 20.8 Å². The molecule has 7 heteroatoms. The van der Waals surface area contributed by atoms with Crippen molar-refractivity contribution in [2.75, 3.05) is 0 Å². The number of esters is 1. The summed E-state index contributed by atoms with van der Waals surface area (Å²) in [5, 5.41) is 0. The molecule has 2 nitrogen and oxygen atoms in total. The molecule has 5 unspecified atom stereocenters. The van der Waals surface area contributed by atoms with Gasteiger partial charge in [0.05, 0.1) is 0 Å². The minimum Gasteiger partial charge on any atom is -0.458 e. The summed E-state index contributed by atoms with van der Waals surface area (Å²) in [4.78, 5) is 13.2. The Balaban J connectivity index is 1.53. The van der Waals surface area contributed by atoms with E-state index in [0.717, 1.165) is 32.1 Å². The van der Waals surface area contributed by atoms with Crippen molar-refractivity contribution in [3.63, 3.8) is 0 Å². The topological polar surface area (TPSA) is 26.3 Å². The van der Waals surface area contributed by atoms with E-state index < -0.39 is 52.8 Å². The minimum atomic E-state index is -5.34. The van der Waals surface area contributed by atoms with Crippen molar-refractivity contribution in [2.45, 2.75) is 77.0 Å². The van der Waals surface area contributed by atoms with Crippen LogP contribution in [0.25, 0.3) is 0 Å². The van der Waals surface area contributed by atoms with Gasteiger partial charge in [0, 0.05) is 5.92 Å². The molecule has 29 heavy (non-hydrogen) atoms. The highest BCUT2D eigenvalue weighted by atomic mass is 19.4. The summed E-state index contributed by atoms with van der Waals surface area (Å²) in [5.74, 6) is -8.81. The van der Waals surface area contributed by atoms with Crippen LogP contribution in [0.5, 0.6) is 0 Å². The quantitative estimate of drug-likeness (QED) is 0.414. The van der Waals surface area contributed by atoms with Crippen molar-refractivity contribution in [2.24, 2.45) is 52.8 Å². The van der Waals surface area contributed by atoms with Gasteiger partial charge in [0.15, 0.2) is 0 Å². The molecule has 0 heterocycles. The van der Waals surface area contributed by atoms with Gasteiger partial charge in [-0.3, -0.25) is 4.79 Å². The highest BCUT2D eigenvalue weighted by Crippen LogP contribution is 2.73. The number of hydrogen-bond acceptors (Lipinski definition) is 2. The second kappa shape index (κ2) is 5.67. The molecule has 6 saturated carbocycles. The maximum Gasteiger partial charge on any atom is 0.411 e. The Hall–Kier alpha value is -0.880. The summed E-state index contributed by atoms with van der Waals surface area (Å²) < 4.78 is 79.5. The second-order valence-corrected chi connectivity index (χ2v) is 11.0. The van der Waals surface area contributed by atoms with Gasteiger partial charge in [-0.05, 0) is 86.9 Å². The molecule has 0 aromatic rings. The van der Waals surface area contributed by atoms with Crippen molar-refractivity contribution < 1.29 is 31.5 Å². The van der Waals surface area contributed by atoms with Crippen LogP contribution in [0.4, 0.5) is 22.0 Å². The predicted molar refractivity (Wildman–Crippen MR) is 94.9 cm³/mol. The fourth-order valence-electron chi connectivity index (χ4n) is 8.39. The van der Waals surface area contributed by atoms with E-state index in [1.807, 2.05) is 0 Å². The highest BCUT2D eigenvalue weighted by Gasteiger charge is 2.87. The maximum absolute atomic E-state index is 15.3. The largest absolute Gasteiger partial charge is 0.458 e. The Morgan fingerprint density at radius 3 is 1.79 bits per heavy atom. The molecule has 6 rings (SSSR count). The van der Waals surface area contributed by atoms with Gasteiger partial charge >= 0.3 is 12.1 Å². The average Bonchev–Trinajstić information content (AvgIpc) is 3.02. The molecule has 6 aliphatic carbocycles. The molecule has 6 fully saturated rings. The van der Waals surface area contributed by atoms with Crippen LogP contribution in [0, 0.1) is 52.8 Å². The SMILES string of the molecule is CC1C(C)C2CC1C(F)(F)C2(C(=O)OC1(C)C2CC3CC(C2)CC1C3)C(F)(F)F. The Bertz CT molecular complexity index is 703. The molecular weight excluding hydrogens is 391 g/mol. The second-order valence-electron chi connectivity index (χ2n) is 11.0. The molecule has 0 aliphatic heterocycles. The first-order valence-corrected chi connectivity index (χ1v) is 11.0. The molecule has 6 bridgehead atoms. The van der Waals surface area contributed by atoms with E-state index in [4.69, 9.17) is 4.74 Å². The highest BCUT2D eigenvalue weighted by molar-refractivity contribution is 5.81. The van der Waals surface area contributed by atoms with Crippen molar-refractivity contribution in [1.29, 1.82) is 0 Å². The summed E-state index contributed by atoms with van der Waals surface area (Å²) in [7, 11) is 0. The van der Waals surface area contributed by atoms with E-state index in [9.17, 15) is 18.0 Å². The van der Waals surface area contributed by atoms with E-state index in [1.165, 1.54) is 0 Å². The Kier molecular flexibility index (Phi) is 3.92. The number of carbonyl (C=O) groups is 1. The molecule has 0 aromatic carbocycles. The molecule has 5 atom stereocenters. The van der Waals surface area contributed by atoms with Crippen LogP contribution in [0.3, 0.4) is 0 Å². The van der Waals surface area contributed by atoms with E-state index in [-0.39, 0.29) is 18.3 Å². The lowest BCUT2D eigenvalue weighted by molar-refractivity contribution is -0.327. The summed E-state index contributed by atoms with van der Waals surface area (Å²) in [6.07, 6.45) is -1.17. The first-order valence-electron chi connectivity index (χ1n) is 11.0. The smallest absolute Gasteiger partial charge is 0.411 e. The Morgan fingerprint density at radius 1 is 0.862 bits per heavy atom. The van der Waals surface area contributed by atoms with Crippen molar-refractivity contribution >= 4 is 5.97 Å². The average molecular weight is 420 g/mol. The zero-order chi connectivity index (χ0) is 21.1. The van der Waals surface area contributed by atoms with E-state index in [0.29, 0.717) is 11.8 Å². The molecule has 0 saturated heterocycles. The van der Waals surface area contributed by atoms with Gasteiger partial charge in [-0.1, -0.05) is 13.8 Å². The summed E-state index contributed by atoms with van der Waals surface area (Å²) in [6, 6.07) is 0. The molecule has 0 spiro atoms. The fourth-order valence-corrected chi connectivity index (χ4v) is 8.39. The minimum absolute atomic E-state index is 0.0171. The monoisotopic (exact) mass is 420 g/mol. The van der Waals surface area contributed by atoms with E-state index in [2.05, 4.69) is 0 Å². The van der Waals surface area contributed by atoms with Gasteiger partial charge in [0.2, 0.25) is 5.41 Å². The zero-order valence-electron chi connectivity index (χ0n) is 17.1. The molecule has 6 aliphatic rings. The molecule has 0 radical (unpaired) electrons. The third kappa shape index (κ3) is 2.20. The van der Waals surface area contributed by atoms with Crippen molar-refractivity contribution in [1.82, 2.24) is 0 Å². The lowest BCUT2D eigenvalue weighted by Gasteiger charge is -2.59. The van der Waals surface area contributed by atoms with Crippen molar-refractivity contribution in [3.8, 4) is 0 Å². The number of hydrogen-bond donors (Lipinski definition) is 0. The number of rotatable bonds is 2. The number of fused-ring (bicyclic) bond motifs is 2. The number of ether oxygens (including phenoxy) is 1. The van der Waals surface area contributed by atoms with E-state index >= 15 is 8.78 Å². The number of halogens is 5. The molecule has 164 valence electrons. The summed E-state index contributed by atoms with van der Waals surface area (Å²) >= 11 is 0. The van der Waals surface area contributed by atoms with Crippen LogP contribution >= 0.6 is 0 Å². The molecule has 0 aromatic heterocycles. The number of carbonyl (C=O) groups excluding carboxylic acids is 1. The van der Waals surface area contributed by atoms with Crippen LogP contribution in [-0.4, -0.2) is 23.7 Å². The van der Waals surface area contributed by atoms with Crippen LogP contribution in [0.1, 0.15) is 59.3 Å². The van der Waals surface area contributed by atoms with Crippen LogP contribution < -0.4 is 0 Å². The molecular formula is C22H29F5O2. The number of alkyl halides is 5. The molecule has 0 amide bonds. The van der Waals surface area contributed by atoms with Crippen LogP contribution in [0.2, 0.25) is 0 Å². The van der Waals surface area contributed by atoms with Crippen LogP contribution in [-0.2, 0) is 9.53 Å². The third-order valence-corrected chi connectivity index (χ3v) is 10.00. The van der Waals surface area contributed by atoms with Gasteiger partial charge in [-0.25, -0.2) is 8.78 Å². The molecule has 0 N–H and O–H groups in total. The lowest BCUT2D eigenvalue weighted by atomic mass is 9.50. The summed E-state index contributed by atoms with van der Waals surface area (Å²) in [6.45, 7) is 4.86. The van der Waals surface area contributed by atoms with Gasteiger partial charge in [-0.2, -0.15) is 13.2 Å². The van der Waals surface area contributed by atoms with Gasteiger partial charge in [-0.15, -0.1) is 0 Å². The Morgan fingerprint density at radius 2 is 1.34 bits per heavy atom. The standard InChI is InChI=1S/C22H29F5O2/c1-10-11(2)17-9-16(10)20(21(17,23)24,22(25,26)27)18(28)29-19(3)14-5-12-4-13(7-14)8-15(19)6-12/h10-17H,4-9H2,1-3H3. The predicted octanol–water partition coefficient (Wildman–Crippen LogP) is 5.85. The van der Waals surface area contributed by atoms with Gasteiger partial charge in [0.1, 0.15) is 5.60 Å². The van der Waals surface area contributed by atoms with Crippen molar-refractivity contribution in [3.05, 3.63) is 0 Å². The van der Waals surface area contributed by atoms with Gasteiger partial charge < -0.3 is 4.74 Å². The van der Waals surface area contributed by atoms with Gasteiger partial charge in [0.25, 0.3) is 5.92 Å². The maximum atomic E-state index is 15.3. The lowest BCUT2D eigenvalue weighted by Crippen LogP contribution is -2.66. The first kappa shape index (κ1) is 20.0. The normalized spacial score (nSPS) is 54.8. The van der Waals surface area contributed by atoms with Crippen LogP contribution in [0.15, 0.2) is 0 Å². The summed E-state index contributed by atoms with van der Waals surface area (Å²) in [5.41, 5.74) is -4.77. The zero-order valence-corrected chi connectivity index (χ0v) is 17.1. The Labute approximate surface area is 167 Å². The first-order chi connectivity index (χ1) is 13.3. The fraction of sp³-hybridized carbons (Fsp3) is 0.955.